The molecule has 164 valence electrons. The molecule has 30 heavy (non-hydrogen) atoms. The number of benzene rings is 1. The zero-order chi connectivity index (χ0) is 21.4. The van der Waals surface area contributed by atoms with E-state index in [1.807, 2.05) is 7.05 Å². The number of aryl methyl sites for hydroxylation is 1. The van der Waals surface area contributed by atoms with Gasteiger partial charge in [-0.25, -0.2) is 4.79 Å². The Balaban J connectivity index is 1.59. The Morgan fingerprint density at radius 1 is 1.13 bits per heavy atom. The normalized spacial score (nSPS) is 29.4. The molecule has 3 heterocycles. The van der Waals surface area contributed by atoms with Crippen molar-refractivity contribution in [1.29, 1.82) is 0 Å². The highest BCUT2D eigenvalue weighted by molar-refractivity contribution is 6.00. The molecule has 3 amide bonds. The lowest BCUT2D eigenvalue weighted by Gasteiger charge is -2.46. The third kappa shape index (κ3) is 3.69. The molecule has 0 bridgehead atoms. The first-order valence-electron chi connectivity index (χ1n) is 11.4. The molecule has 0 spiro atoms. The maximum absolute atomic E-state index is 13.5. The third-order valence-corrected chi connectivity index (χ3v) is 6.65. The van der Waals surface area contributed by atoms with Crippen LogP contribution in [0.15, 0.2) is 24.3 Å². The van der Waals surface area contributed by atoms with E-state index in [0.717, 1.165) is 44.5 Å². The molecule has 7 nitrogen and oxygen atoms in total. The summed E-state index contributed by atoms with van der Waals surface area (Å²) in [4.78, 5) is 34.3. The Morgan fingerprint density at radius 2 is 1.93 bits per heavy atom. The number of unbranched alkanes of at least 4 members (excludes halogenated alkanes) is 3. The molecule has 3 aliphatic rings. The van der Waals surface area contributed by atoms with Gasteiger partial charge in [0.2, 0.25) is 0 Å². The van der Waals surface area contributed by atoms with Crippen LogP contribution in [-0.4, -0.2) is 71.8 Å². The molecule has 3 saturated heterocycles. The van der Waals surface area contributed by atoms with Crippen molar-refractivity contribution >= 4 is 17.6 Å². The quantitative estimate of drug-likeness (QED) is 0.727. The van der Waals surface area contributed by atoms with Crippen LogP contribution in [0, 0.1) is 12.8 Å². The zero-order valence-electron chi connectivity index (χ0n) is 18.7. The second-order valence-electron chi connectivity index (χ2n) is 9.17. The van der Waals surface area contributed by atoms with E-state index >= 15 is 0 Å². The van der Waals surface area contributed by atoms with Crippen LogP contribution in [0.2, 0.25) is 0 Å². The van der Waals surface area contributed by atoms with E-state index in [0.29, 0.717) is 12.5 Å². The largest absolute Gasteiger partial charge is 0.343 e. The van der Waals surface area contributed by atoms with Crippen molar-refractivity contribution in [2.75, 3.05) is 31.6 Å². The van der Waals surface area contributed by atoms with Crippen LogP contribution in [0.3, 0.4) is 0 Å². The summed E-state index contributed by atoms with van der Waals surface area (Å²) < 4.78 is 0. The molecule has 3 fully saturated rings. The minimum absolute atomic E-state index is 0.0482. The number of carbonyl (C=O) groups is 2. The van der Waals surface area contributed by atoms with Crippen LogP contribution in [-0.2, 0) is 4.79 Å². The highest BCUT2D eigenvalue weighted by Crippen LogP contribution is 2.34. The molecule has 0 saturated carbocycles. The number of urea groups is 1. The Hall–Kier alpha value is -2.12. The lowest BCUT2D eigenvalue weighted by atomic mass is 10.0. The Morgan fingerprint density at radius 3 is 2.67 bits per heavy atom. The summed E-state index contributed by atoms with van der Waals surface area (Å²) in [5.41, 5.74) is 2.37. The molecule has 7 heteroatoms. The van der Waals surface area contributed by atoms with Crippen molar-refractivity contribution in [1.82, 2.24) is 20.0 Å². The van der Waals surface area contributed by atoms with Gasteiger partial charge in [0.15, 0.2) is 0 Å². The number of anilines is 1. The number of nitrogens with zero attached hydrogens (tertiary/aromatic N) is 4. The Kier molecular flexibility index (Phi) is 6.02. The fourth-order valence-corrected chi connectivity index (χ4v) is 5.13. The predicted octanol–water partition coefficient (Wildman–Crippen LogP) is 2.81. The van der Waals surface area contributed by atoms with Gasteiger partial charge < -0.3 is 9.80 Å². The van der Waals surface area contributed by atoms with Crippen molar-refractivity contribution < 1.29 is 9.59 Å². The minimum Gasteiger partial charge on any atom is -0.343 e. The minimum atomic E-state index is -0.334. The number of imide groups is 1. The van der Waals surface area contributed by atoms with E-state index in [2.05, 4.69) is 60.2 Å². The molecule has 1 aromatic carbocycles. The maximum atomic E-state index is 13.5. The van der Waals surface area contributed by atoms with Gasteiger partial charge in [0.1, 0.15) is 18.5 Å². The summed E-state index contributed by atoms with van der Waals surface area (Å²) in [5.74, 6) is 0.379. The molecule has 4 unspecified atom stereocenters. The summed E-state index contributed by atoms with van der Waals surface area (Å²) >= 11 is 0. The summed E-state index contributed by atoms with van der Waals surface area (Å²) in [6.07, 6.45) is 3.82. The highest BCUT2D eigenvalue weighted by Gasteiger charge is 2.56. The maximum Gasteiger partial charge on any atom is 0.327 e. The SMILES string of the molecule is CCCCCCN1C(=O)C2C(NC3N(c4cccc(C)c4)CC(C)CN23)N(C)C1=O. The van der Waals surface area contributed by atoms with Gasteiger partial charge in [-0.1, -0.05) is 45.2 Å². The number of rotatable bonds is 6. The first-order valence-corrected chi connectivity index (χ1v) is 11.4. The number of hydrogen-bond acceptors (Lipinski definition) is 5. The fraction of sp³-hybridized carbons (Fsp3) is 0.652. The zero-order valence-corrected chi connectivity index (χ0v) is 18.7. The van der Waals surface area contributed by atoms with E-state index in [9.17, 15) is 9.59 Å². The molecule has 4 rings (SSSR count). The Labute approximate surface area is 180 Å². The van der Waals surface area contributed by atoms with Crippen LogP contribution < -0.4 is 10.2 Å². The lowest BCUT2D eigenvalue weighted by Crippen LogP contribution is -2.66. The van der Waals surface area contributed by atoms with Crippen LogP contribution in [0.4, 0.5) is 10.5 Å². The first-order chi connectivity index (χ1) is 14.4. The van der Waals surface area contributed by atoms with Crippen molar-refractivity contribution in [2.24, 2.45) is 5.92 Å². The summed E-state index contributed by atoms with van der Waals surface area (Å²) in [7, 11) is 1.82. The van der Waals surface area contributed by atoms with Crippen molar-refractivity contribution in [3.63, 3.8) is 0 Å². The molecule has 0 aliphatic carbocycles. The average molecular weight is 414 g/mol. The summed E-state index contributed by atoms with van der Waals surface area (Å²) in [6.45, 7) is 8.78. The standard InChI is InChI=1S/C23H35N5O2/c1-5-6-7-8-12-26-21(29)19-20(25(4)23(26)30)24-22-27(14-17(3)15-28(19)22)18-11-9-10-16(2)13-18/h9-11,13,17,19-20,22,24H,5-8,12,14-15H2,1-4H3. The van der Waals surface area contributed by atoms with Gasteiger partial charge in [0.05, 0.1) is 0 Å². The van der Waals surface area contributed by atoms with Gasteiger partial charge in [-0.15, -0.1) is 0 Å². The number of likely N-dealkylation sites (N-methyl/N-ethyl adjacent to an activating group) is 1. The number of hydrogen-bond donors (Lipinski definition) is 1. The number of nitrogens with one attached hydrogen (secondary N) is 1. The van der Waals surface area contributed by atoms with Gasteiger partial charge >= 0.3 is 6.03 Å². The van der Waals surface area contributed by atoms with E-state index in [1.165, 1.54) is 10.5 Å². The van der Waals surface area contributed by atoms with Crippen molar-refractivity contribution in [3.05, 3.63) is 29.8 Å². The number of amides is 3. The van der Waals surface area contributed by atoms with Gasteiger partial charge in [0.25, 0.3) is 5.91 Å². The van der Waals surface area contributed by atoms with Gasteiger partial charge in [-0.05, 0) is 37.0 Å². The van der Waals surface area contributed by atoms with Gasteiger partial charge in [-0.2, -0.15) is 0 Å². The van der Waals surface area contributed by atoms with E-state index in [-0.39, 0.29) is 30.4 Å². The second-order valence-corrected chi connectivity index (χ2v) is 9.17. The van der Waals surface area contributed by atoms with Gasteiger partial charge in [0, 0.05) is 32.4 Å². The summed E-state index contributed by atoms with van der Waals surface area (Å²) in [5, 5.41) is 3.60. The molecular formula is C23H35N5O2. The smallest absolute Gasteiger partial charge is 0.327 e. The van der Waals surface area contributed by atoms with Crippen LogP contribution in [0.5, 0.6) is 0 Å². The molecule has 3 aliphatic heterocycles. The van der Waals surface area contributed by atoms with E-state index in [4.69, 9.17) is 0 Å². The van der Waals surface area contributed by atoms with Crippen LogP contribution in [0.25, 0.3) is 0 Å². The molecule has 4 atom stereocenters. The second kappa shape index (κ2) is 8.55. The number of carbonyl (C=O) groups excluding carboxylic acids is 2. The topological polar surface area (TPSA) is 59.1 Å². The van der Waals surface area contributed by atoms with E-state index in [1.54, 1.807) is 4.90 Å². The molecular weight excluding hydrogens is 378 g/mol. The third-order valence-electron chi connectivity index (χ3n) is 6.65. The molecule has 1 N–H and O–H groups in total. The fourth-order valence-electron chi connectivity index (χ4n) is 5.13. The van der Waals surface area contributed by atoms with Crippen LogP contribution in [0.1, 0.15) is 45.1 Å². The average Bonchev–Trinajstić information content (AvgIpc) is 3.10. The van der Waals surface area contributed by atoms with Crippen LogP contribution >= 0.6 is 0 Å². The monoisotopic (exact) mass is 413 g/mol. The molecule has 1 aromatic rings. The lowest BCUT2D eigenvalue weighted by molar-refractivity contribution is -0.138. The molecule has 0 aromatic heterocycles. The predicted molar refractivity (Wildman–Crippen MR) is 118 cm³/mol. The first kappa shape index (κ1) is 21.1. The number of fused-ring (bicyclic) bond motifs is 3. The molecule has 0 radical (unpaired) electrons. The van der Waals surface area contributed by atoms with Gasteiger partial charge in [-0.3, -0.25) is 19.9 Å². The summed E-state index contributed by atoms with van der Waals surface area (Å²) in [6, 6.07) is 7.98. The van der Waals surface area contributed by atoms with Crippen molar-refractivity contribution in [2.45, 2.75) is 65.0 Å². The Bertz CT molecular complexity index is 800. The van der Waals surface area contributed by atoms with Crippen molar-refractivity contribution in [3.8, 4) is 0 Å². The van der Waals surface area contributed by atoms with E-state index < -0.39 is 0 Å². The highest BCUT2D eigenvalue weighted by atomic mass is 16.2.